The number of aryl methyl sites for hydroxylation is 2. The molecule has 0 atom stereocenters. The van der Waals surface area contributed by atoms with Crippen molar-refractivity contribution in [2.45, 2.75) is 232 Å². The second kappa shape index (κ2) is 34.3. The summed E-state index contributed by atoms with van der Waals surface area (Å²) in [5.74, 6) is 0. The fourth-order valence-electron chi connectivity index (χ4n) is 7.31. The summed E-state index contributed by atoms with van der Waals surface area (Å²) < 4.78 is 3.11. The third-order valence-corrected chi connectivity index (χ3v) is 13.4. The van der Waals surface area contributed by atoms with E-state index in [4.69, 9.17) is 0 Å². The summed E-state index contributed by atoms with van der Waals surface area (Å²) in [6.45, 7) is 4.61. The van der Waals surface area contributed by atoms with Gasteiger partial charge in [0.1, 0.15) is 0 Å². The van der Waals surface area contributed by atoms with Crippen molar-refractivity contribution in [1.82, 2.24) is 0 Å². The van der Waals surface area contributed by atoms with E-state index in [2.05, 4.69) is 62.4 Å². The second-order valence-electron chi connectivity index (χ2n) is 15.5. The molecule has 2 aromatic carbocycles. The Hall–Kier alpha value is -0.830. The Balaban J connectivity index is 1.38. The molecule has 0 spiro atoms. The number of benzene rings is 2. The standard InChI is InChI=1S/C48H82I/c1-3-5-7-9-11-13-15-17-19-21-23-25-27-29-31-33-35-45-37-41-47(42-38-45)49-48-43-39-46(40-44-48)36-34-32-30-28-26-24-22-20-18-16-14-12-10-8-6-4-2/h37-44H,3-36H2,1-2H3/q-1. The molecule has 0 nitrogen and oxygen atoms in total. The van der Waals surface area contributed by atoms with Gasteiger partial charge in [0.2, 0.25) is 0 Å². The summed E-state index contributed by atoms with van der Waals surface area (Å²) in [5, 5.41) is 0. The molecule has 282 valence electrons. The van der Waals surface area contributed by atoms with Crippen molar-refractivity contribution in [2.24, 2.45) is 0 Å². The molecule has 2 aromatic rings. The Bertz CT molecular complexity index is 851. The van der Waals surface area contributed by atoms with Crippen LogP contribution in [0, 0.1) is 7.14 Å². The predicted octanol–water partition coefficient (Wildman–Crippen LogP) is 13.4. The van der Waals surface area contributed by atoms with Gasteiger partial charge in [0.05, 0.1) is 0 Å². The molecule has 0 fully saturated rings. The van der Waals surface area contributed by atoms with Crippen LogP contribution in [0.4, 0.5) is 0 Å². The monoisotopic (exact) mass is 786 g/mol. The van der Waals surface area contributed by atoms with Gasteiger partial charge in [-0.25, -0.2) is 0 Å². The van der Waals surface area contributed by atoms with Crippen LogP contribution in [0.5, 0.6) is 0 Å². The van der Waals surface area contributed by atoms with Gasteiger partial charge in [-0.2, -0.15) is 0 Å². The molecular weight excluding hydrogens is 703 g/mol. The van der Waals surface area contributed by atoms with E-state index in [-0.39, 0.29) is 21.2 Å². The van der Waals surface area contributed by atoms with Crippen LogP contribution in [-0.2, 0) is 12.8 Å². The van der Waals surface area contributed by atoms with E-state index < -0.39 is 0 Å². The third-order valence-electron chi connectivity index (χ3n) is 10.7. The van der Waals surface area contributed by atoms with Gasteiger partial charge in [-0.3, -0.25) is 0 Å². The maximum atomic E-state index is 2.42. The maximum absolute atomic E-state index is 2.42. The van der Waals surface area contributed by atoms with Gasteiger partial charge in [-0.15, -0.1) is 0 Å². The average Bonchev–Trinajstić information content (AvgIpc) is 3.12. The molecule has 1 heteroatoms. The van der Waals surface area contributed by atoms with Crippen molar-refractivity contribution in [3.05, 3.63) is 66.8 Å². The van der Waals surface area contributed by atoms with E-state index in [0.717, 1.165) is 0 Å². The van der Waals surface area contributed by atoms with Crippen LogP contribution in [0.15, 0.2) is 48.5 Å². The molecule has 0 N–H and O–H groups in total. The van der Waals surface area contributed by atoms with Gasteiger partial charge >= 0.3 is 191 Å². The first kappa shape index (κ1) is 44.3. The molecule has 0 amide bonds. The van der Waals surface area contributed by atoms with Crippen LogP contribution in [0.1, 0.15) is 230 Å². The average molecular weight is 786 g/mol. The van der Waals surface area contributed by atoms with E-state index in [1.165, 1.54) is 229 Å². The van der Waals surface area contributed by atoms with Crippen LogP contribution >= 0.6 is 0 Å². The van der Waals surface area contributed by atoms with E-state index in [1.807, 2.05) is 0 Å². The van der Waals surface area contributed by atoms with Gasteiger partial charge in [0, 0.05) is 0 Å². The SMILES string of the molecule is CCCCCCCCCCCCCCCCCCc1ccc([I-]c2ccc(CCCCCCCCCCCCCCCCCC)cc2)cc1. The van der Waals surface area contributed by atoms with Crippen LogP contribution in [0.3, 0.4) is 0 Å². The zero-order chi connectivity index (χ0) is 34.7. The fraction of sp³-hybridized carbons (Fsp3) is 0.750. The summed E-state index contributed by atoms with van der Waals surface area (Å²) in [4.78, 5) is 0. The number of rotatable bonds is 36. The molecule has 0 aliphatic carbocycles. The van der Waals surface area contributed by atoms with Gasteiger partial charge in [0.25, 0.3) is 0 Å². The Morgan fingerprint density at radius 1 is 0.265 bits per heavy atom. The first-order chi connectivity index (χ1) is 24.3. The molecule has 0 unspecified atom stereocenters. The van der Waals surface area contributed by atoms with E-state index in [1.54, 1.807) is 7.14 Å². The summed E-state index contributed by atoms with van der Waals surface area (Å²) in [6, 6.07) is 19.3. The van der Waals surface area contributed by atoms with E-state index in [0.29, 0.717) is 0 Å². The molecule has 0 radical (unpaired) electrons. The molecule has 49 heavy (non-hydrogen) atoms. The Labute approximate surface area is 318 Å². The topological polar surface area (TPSA) is 0 Å². The molecular formula is C48H82I-. The van der Waals surface area contributed by atoms with E-state index in [9.17, 15) is 0 Å². The number of hydrogen-bond acceptors (Lipinski definition) is 0. The summed E-state index contributed by atoms with van der Waals surface area (Å²) in [6.07, 6.45) is 48.7. The van der Waals surface area contributed by atoms with Crippen molar-refractivity contribution in [1.29, 1.82) is 0 Å². The van der Waals surface area contributed by atoms with Gasteiger partial charge in [0.15, 0.2) is 0 Å². The molecule has 0 aromatic heterocycles. The summed E-state index contributed by atoms with van der Waals surface area (Å²) >= 11 is -0.0687. The molecule has 0 saturated heterocycles. The Kier molecular flexibility index (Phi) is 31.0. The van der Waals surface area contributed by atoms with Crippen molar-refractivity contribution in [3.63, 3.8) is 0 Å². The molecule has 0 aliphatic heterocycles. The van der Waals surface area contributed by atoms with Crippen LogP contribution in [-0.4, -0.2) is 0 Å². The molecule has 0 heterocycles. The minimum absolute atomic E-state index is 0.0687. The van der Waals surface area contributed by atoms with Crippen molar-refractivity contribution >= 4 is 0 Å². The number of halogens is 1. The number of unbranched alkanes of at least 4 members (excludes halogenated alkanes) is 30. The summed E-state index contributed by atoms with van der Waals surface area (Å²) in [5.41, 5.74) is 3.07. The van der Waals surface area contributed by atoms with E-state index >= 15 is 0 Å². The second-order valence-corrected chi connectivity index (χ2v) is 18.5. The van der Waals surface area contributed by atoms with Crippen molar-refractivity contribution < 1.29 is 21.2 Å². The molecule has 0 bridgehead atoms. The minimum atomic E-state index is -0.0687. The number of hydrogen-bond donors (Lipinski definition) is 0. The molecule has 2 rings (SSSR count). The predicted molar refractivity (Wildman–Crippen MR) is 217 cm³/mol. The zero-order valence-electron chi connectivity index (χ0n) is 33.0. The fourth-order valence-corrected chi connectivity index (χ4v) is 9.47. The normalized spacial score (nSPS) is 11.6. The van der Waals surface area contributed by atoms with Crippen molar-refractivity contribution in [2.75, 3.05) is 0 Å². The third kappa shape index (κ3) is 27.5. The first-order valence-corrected chi connectivity index (χ1v) is 24.3. The van der Waals surface area contributed by atoms with Crippen LogP contribution in [0.25, 0.3) is 0 Å². The van der Waals surface area contributed by atoms with Gasteiger partial charge in [-0.1, -0.05) is 129 Å². The molecule has 0 aliphatic rings. The summed E-state index contributed by atoms with van der Waals surface area (Å²) in [7, 11) is 0. The Morgan fingerprint density at radius 3 is 0.694 bits per heavy atom. The molecule has 0 saturated carbocycles. The first-order valence-electron chi connectivity index (χ1n) is 22.1. The van der Waals surface area contributed by atoms with Crippen LogP contribution < -0.4 is 21.2 Å². The van der Waals surface area contributed by atoms with Gasteiger partial charge < -0.3 is 0 Å². The van der Waals surface area contributed by atoms with Crippen LogP contribution in [0.2, 0.25) is 0 Å². The quantitative estimate of drug-likeness (QED) is 0.0477. The van der Waals surface area contributed by atoms with Crippen molar-refractivity contribution in [3.8, 4) is 0 Å². The zero-order valence-corrected chi connectivity index (χ0v) is 35.2. The van der Waals surface area contributed by atoms with Gasteiger partial charge in [-0.05, 0) is 0 Å². The Morgan fingerprint density at radius 2 is 0.469 bits per heavy atom.